The molecule has 2 rings (SSSR count). The Morgan fingerprint density at radius 3 is 2.89 bits per heavy atom. The Kier molecular flexibility index (Phi) is 4.84. The van der Waals surface area contributed by atoms with Crippen molar-refractivity contribution in [2.75, 3.05) is 31.7 Å². The van der Waals surface area contributed by atoms with E-state index in [1.807, 2.05) is 18.0 Å². The van der Waals surface area contributed by atoms with Gasteiger partial charge in [-0.25, -0.2) is 4.39 Å². The minimum Gasteiger partial charge on any atom is -0.379 e. The first-order valence-electron chi connectivity index (χ1n) is 6.34. The van der Waals surface area contributed by atoms with E-state index in [0.29, 0.717) is 24.7 Å². The van der Waals surface area contributed by atoms with Crippen LogP contribution in [0.15, 0.2) is 18.2 Å². The van der Waals surface area contributed by atoms with Crippen LogP contribution in [0.2, 0.25) is 0 Å². The molecule has 0 aromatic heterocycles. The molecule has 0 atom stereocenters. The molecule has 0 saturated heterocycles. The average Bonchev–Trinajstić information content (AvgIpc) is 3.18. The zero-order valence-electron chi connectivity index (χ0n) is 10.7. The van der Waals surface area contributed by atoms with E-state index in [1.54, 1.807) is 6.07 Å². The molecule has 1 aromatic carbocycles. The van der Waals surface area contributed by atoms with Gasteiger partial charge in [-0.15, -0.1) is 11.6 Å². The normalized spacial score (nSPS) is 14.8. The van der Waals surface area contributed by atoms with E-state index >= 15 is 0 Å². The average molecular weight is 272 g/mol. The van der Waals surface area contributed by atoms with Gasteiger partial charge >= 0.3 is 0 Å². The third-order valence-corrected chi connectivity index (χ3v) is 3.51. The minimum atomic E-state index is -0.224. The van der Waals surface area contributed by atoms with Crippen LogP contribution in [0.4, 0.5) is 10.1 Å². The van der Waals surface area contributed by atoms with Gasteiger partial charge in [0.1, 0.15) is 5.82 Å². The first-order valence-corrected chi connectivity index (χ1v) is 6.88. The number of rotatable bonds is 7. The number of para-hydroxylation sites is 1. The Morgan fingerprint density at radius 1 is 1.44 bits per heavy atom. The number of anilines is 1. The van der Waals surface area contributed by atoms with Gasteiger partial charge in [0.25, 0.3) is 0 Å². The maximum atomic E-state index is 13.8. The Morgan fingerprint density at radius 2 is 2.22 bits per heavy atom. The van der Waals surface area contributed by atoms with Gasteiger partial charge in [-0.2, -0.15) is 0 Å². The number of likely N-dealkylation sites (N-methyl/N-ethyl adjacent to an activating group) is 1. The predicted molar refractivity (Wildman–Crippen MR) is 72.8 cm³/mol. The van der Waals surface area contributed by atoms with Gasteiger partial charge in [0.05, 0.1) is 12.3 Å². The zero-order chi connectivity index (χ0) is 13.0. The lowest BCUT2D eigenvalue weighted by Crippen LogP contribution is -2.25. The SMILES string of the molecule is CN(CCOCC1CC1)c1c(F)cccc1CCl. The van der Waals surface area contributed by atoms with Crippen LogP contribution in [-0.4, -0.2) is 26.8 Å². The van der Waals surface area contributed by atoms with Crippen molar-refractivity contribution in [3.8, 4) is 0 Å². The van der Waals surface area contributed by atoms with Crippen molar-refractivity contribution in [1.29, 1.82) is 0 Å². The first-order chi connectivity index (χ1) is 8.72. The molecule has 1 aliphatic rings. The molecule has 2 nitrogen and oxygen atoms in total. The summed E-state index contributed by atoms with van der Waals surface area (Å²) < 4.78 is 19.4. The van der Waals surface area contributed by atoms with Crippen LogP contribution in [0.5, 0.6) is 0 Å². The first kappa shape index (κ1) is 13.6. The Bertz CT molecular complexity index is 395. The molecule has 1 aromatic rings. The summed E-state index contributed by atoms with van der Waals surface area (Å²) in [5, 5.41) is 0. The van der Waals surface area contributed by atoms with Crippen LogP contribution in [0.3, 0.4) is 0 Å². The van der Waals surface area contributed by atoms with Crippen molar-refractivity contribution in [2.24, 2.45) is 5.92 Å². The van der Waals surface area contributed by atoms with Crippen LogP contribution in [0.1, 0.15) is 18.4 Å². The summed E-state index contributed by atoms with van der Waals surface area (Å²) in [6, 6.07) is 5.01. The topological polar surface area (TPSA) is 12.5 Å². The third kappa shape index (κ3) is 3.59. The van der Waals surface area contributed by atoms with Gasteiger partial charge in [-0.1, -0.05) is 12.1 Å². The zero-order valence-corrected chi connectivity index (χ0v) is 11.4. The maximum absolute atomic E-state index is 13.8. The van der Waals surface area contributed by atoms with Crippen molar-refractivity contribution in [3.05, 3.63) is 29.6 Å². The molecule has 0 aliphatic heterocycles. The molecular formula is C14H19ClFNO. The van der Waals surface area contributed by atoms with Gasteiger partial charge in [0.2, 0.25) is 0 Å². The molecule has 0 radical (unpaired) electrons. The van der Waals surface area contributed by atoms with Crippen molar-refractivity contribution in [2.45, 2.75) is 18.7 Å². The molecule has 0 heterocycles. The number of hydrogen-bond acceptors (Lipinski definition) is 2. The van der Waals surface area contributed by atoms with Crippen LogP contribution in [0, 0.1) is 11.7 Å². The molecule has 0 unspecified atom stereocenters. The summed E-state index contributed by atoms with van der Waals surface area (Å²) >= 11 is 5.83. The van der Waals surface area contributed by atoms with E-state index in [4.69, 9.17) is 16.3 Å². The monoisotopic (exact) mass is 271 g/mol. The molecule has 4 heteroatoms. The highest BCUT2D eigenvalue weighted by Gasteiger charge is 2.21. The fourth-order valence-corrected chi connectivity index (χ4v) is 2.16. The predicted octanol–water partition coefficient (Wildman–Crippen LogP) is 3.43. The quantitative estimate of drug-likeness (QED) is 0.556. The molecule has 100 valence electrons. The van der Waals surface area contributed by atoms with E-state index in [0.717, 1.165) is 18.1 Å². The Hall–Kier alpha value is -0.800. The summed E-state index contributed by atoms with van der Waals surface area (Å²) in [5.74, 6) is 0.861. The van der Waals surface area contributed by atoms with E-state index in [2.05, 4.69) is 0 Å². The fourth-order valence-electron chi connectivity index (χ4n) is 1.94. The molecule has 1 saturated carbocycles. The van der Waals surface area contributed by atoms with Crippen LogP contribution in [0.25, 0.3) is 0 Å². The van der Waals surface area contributed by atoms with E-state index in [-0.39, 0.29) is 5.82 Å². The largest absolute Gasteiger partial charge is 0.379 e. The number of halogens is 2. The number of alkyl halides is 1. The number of nitrogens with zero attached hydrogens (tertiary/aromatic N) is 1. The van der Waals surface area contributed by atoms with Gasteiger partial charge in [0, 0.05) is 26.1 Å². The minimum absolute atomic E-state index is 0.224. The van der Waals surface area contributed by atoms with E-state index in [1.165, 1.54) is 18.9 Å². The van der Waals surface area contributed by atoms with Crippen LogP contribution >= 0.6 is 11.6 Å². The maximum Gasteiger partial charge on any atom is 0.146 e. The van der Waals surface area contributed by atoms with Gasteiger partial charge in [0.15, 0.2) is 0 Å². The number of benzene rings is 1. The smallest absolute Gasteiger partial charge is 0.146 e. The molecular weight excluding hydrogens is 253 g/mol. The van der Waals surface area contributed by atoms with Gasteiger partial charge < -0.3 is 9.64 Å². The lowest BCUT2D eigenvalue weighted by atomic mass is 10.2. The van der Waals surface area contributed by atoms with Crippen LogP contribution < -0.4 is 4.90 Å². The summed E-state index contributed by atoms with van der Waals surface area (Å²) in [6.45, 7) is 2.15. The summed E-state index contributed by atoms with van der Waals surface area (Å²) in [4.78, 5) is 1.87. The summed E-state index contributed by atoms with van der Waals surface area (Å²) in [5.41, 5.74) is 1.41. The highest BCUT2D eigenvalue weighted by atomic mass is 35.5. The second-order valence-corrected chi connectivity index (χ2v) is 5.09. The lowest BCUT2D eigenvalue weighted by molar-refractivity contribution is 0.131. The molecule has 1 fully saturated rings. The van der Waals surface area contributed by atoms with Crippen molar-refractivity contribution in [3.63, 3.8) is 0 Å². The molecule has 0 N–H and O–H groups in total. The van der Waals surface area contributed by atoms with E-state index in [9.17, 15) is 4.39 Å². The molecule has 0 bridgehead atoms. The standard InChI is InChI=1S/C14H19ClFNO/c1-17(7-8-18-10-11-5-6-11)14-12(9-15)3-2-4-13(14)16/h2-4,11H,5-10H2,1H3. The lowest BCUT2D eigenvalue weighted by Gasteiger charge is -2.22. The fraction of sp³-hybridized carbons (Fsp3) is 0.571. The highest BCUT2D eigenvalue weighted by molar-refractivity contribution is 6.17. The molecule has 0 amide bonds. The second-order valence-electron chi connectivity index (χ2n) is 4.82. The highest BCUT2D eigenvalue weighted by Crippen LogP contribution is 2.29. The van der Waals surface area contributed by atoms with Crippen LogP contribution in [-0.2, 0) is 10.6 Å². The van der Waals surface area contributed by atoms with Crippen molar-refractivity contribution in [1.82, 2.24) is 0 Å². The molecule has 0 spiro atoms. The number of ether oxygens (including phenoxy) is 1. The Labute approximate surface area is 113 Å². The van der Waals surface area contributed by atoms with E-state index < -0.39 is 0 Å². The van der Waals surface area contributed by atoms with Gasteiger partial charge in [-0.3, -0.25) is 0 Å². The van der Waals surface area contributed by atoms with Gasteiger partial charge in [-0.05, 0) is 30.4 Å². The van der Waals surface area contributed by atoms with Crippen molar-refractivity contribution < 1.29 is 9.13 Å². The third-order valence-electron chi connectivity index (χ3n) is 3.22. The van der Waals surface area contributed by atoms with Crippen molar-refractivity contribution >= 4 is 17.3 Å². The Balaban J connectivity index is 1.88. The summed E-state index contributed by atoms with van der Waals surface area (Å²) in [7, 11) is 1.87. The molecule has 18 heavy (non-hydrogen) atoms. The molecule has 1 aliphatic carbocycles. The summed E-state index contributed by atoms with van der Waals surface area (Å²) in [6.07, 6.45) is 2.58. The second kappa shape index (κ2) is 6.39. The number of hydrogen-bond donors (Lipinski definition) is 0.